The molecule has 0 atom stereocenters. The summed E-state index contributed by atoms with van der Waals surface area (Å²) in [6.07, 6.45) is 0. The van der Waals surface area contributed by atoms with Crippen LogP contribution >= 0.6 is 0 Å². The molecule has 0 amide bonds. The summed E-state index contributed by atoms with van der Waals surface area (Å²) in [5.41, 5.74) is 0.902. The van der Waals surface area contributed by atoms with Gasteiger partial charge >= 0.3 is 31.3 Å². The van der Waals surface area contributed by atoms with Crippen molar-refractivity contribution in [3.05, 3.63) is 122 Å². The first-order valence-electron chi connectivity index (χ1n) is 9.95. The Balaban J connectivity index is 0.000000212. The normalized spacial score (nSPS) is 11.2. The molecule has 4 rings (SSSR count). The summed E-state index contributed by atoms with van der Waals surface area (Å²) < 4.78 is 64.1. The van der Waals surface area contributed by atoms with E-state index in [1.165, 1.54) is 19.3 Å². The van der Waals surface area contributed by atoms with E-state index >= 15 is 0 Å². The van der Waals surface area contributed by atoms with Crippen LogP contribution in [-0.2, 0) is 20.2 Å². The van der Waals surface area contributed by atoms with E-state index in [0.29, 0.717) is 0 Å². The zero-order valence-corrected chi connectivity index (χ0v) is 21.8. The van der Waals surface area contributed by atoms with Gasteiger partial charge in [0.05, 0.1) is 4.90 Å². The Morgan fingerprint density at radius 2 is 1.06 bits per heavy atom. The van der Waals surface area contributed by atoms with E-state index in [0.717, 1.165) is 29.8 Å². The minimum atomic E-state index is -4.58. The summed E-state index contributed by atoms with van der Waals surface area (Å²) >= 11 is 0.0287. The zero-order chi connectivity index (χ0) is 24.6. The van der Waals surface area contributed by atoms with Gasteiger partial charge in [-0.05, 0) is 67.6 Å². The van der Waals surface area contributed by atoms with Crippen molar-refractivity contribution in [2.75, 3.05) is 0 Å². The van der Waals surface area contributed by atoms with Crippen LogP contribution in [0.15, 0.2) is 119 Å². The Kier molecular flexibility index (Phi) is 8.84. The summed E-state index contributed by atoms with van der Waals surface area (Å²) in [6.45, 7) is 1.82. The molecule has 0 aliphatic carbocycles. The maximum absolute atomic E-state index is 12.0. The van der Waals surface area contributed by atoms with Crippen molar-refractivity contribution in [2.45, 2.75) is 16.7 Å². The third-order valence-electron chi connectivity index (χ3n) is 4.31. The van der Waals surface area contributed by atoms with Crippen LogP contribution in [0.5, 0.6) is 5.75 Å². The van der Waals surface area contributed by atoms with Gasteiger partial charge in [0.25, 0.3) is 0 Å². The lowest BCUT2D eigenvalue weighted by molar-refractivity contribution is -0.597. The number of benzene rings is 4. The molecule has 0 saturated heterocycles. The second-order valence-electron chi connectivity index (χ2n) is 6.96. The molecule has 6 nitrogen and oxygen atoms in total. The minimum Gasteiger partial charge on any atom is -0.744 e. The quantitative estimate of drug-likeness (QED) is 0.187. The molecule has 0 bridgehead atoms. The number of rotatable bonds is 6. The van der Waals surface area contributed by atoms with Crippen LogP contribution in [0.2, 0.25) is 0 Å². The maximum Gasteiger partial charge on any atom is 0.357 e. The Morgan fingerprint density at radius 3 is 1.50 bits per heavy atom. The van der Waals surface area contributed by atoms with Gasteiger partial charge < -0.3 is 8.74 Å². The molecule has 0 N–H and O–H groups in total. The molecule has 4 aromatic carbocycles. The molecule has 0 fully saturated rings. The number of hydrogen-bond donors (Lipinski definition) is 0. The molecule has 9 heteroatoms. The van der Waals surface area contributed by atoms with E-state index < -0.39 is 25.1 Å². The molecule has 34 heavy (non-hydrogen) atoms. The molecule has 0 aliphatic heterocycles. The molecule has 0 unspecified atom stereocenters. The molecule has 0 heterocycles. The molecule has 0 radical (unpaired) electrons. The Labute approximate surface area is 210 Å². The first-order valence-corrected chi connectivity index (χ1v) is 14.9. The topological polar surface area (TPSA) is 101 Å². The van der Waals surface area contributed by atoms with E-state index in [-0.39, 0.29) is 31.9 Å². The van der Waals surface area contributed by atoms with Crippen LogP contribution in [0, 0.1) is 14.1 Å². The second kappa shape index (κ2) is 11.6. The molecule has 0 aliphatic rings. The van der Waals surface area contributed by atoms with Crippen molar-refractivity contribution < 1.29 is 46.8 Å². The SMILES string of the molecule is Cc1ccc(S(=O)(=O)Oc2ccc(S(=O)(=O)[O-])cc2)cc1.c1ccc([I+]c2ccccc2)cc1. The number of hydrogen-bond acceptors (Lipinski definition) is 6. The highest BCUT2D eigenvalue weighted by Crippen LogP contribution is 2.21. The van der Waals surface area contributed by atoms with Crippen molar-refractivity contribution >= 4 is 20.2 Å². The molecular formula is C25H21IO6S2. The predicted octanol–water partition coefficient (Wildman–Crippen LogP) is 1.48. The summed E-state index contributed by atoms with van der Waals surface area (Å²) in [6, 6.07) is 31.7. The minimum absolute atomic E-state index is 0.0198. The highest BCUT2D eigenvalue weighted by atomic mass is 127. The van der Waals surface area contributed by atoms with Crippen molar-refractivity contribution in [3.8, 4) is 5.75 Å². The first kappa shape index (κ1) is 25.9. The lowest BCUT2D eigenvalue weighted by Crippen LogP contribution is -3.61. The van der Waals surface area contributed by atoms with Crippen LogP contribution in [0.1, 0.15) is 5.56 Å². The van der Waals surface area contributed by atoms with Crippen molar-refractivity contribution in [2.24, 2.45) is 0 Å². The van der Waals surface area contributed by atoms with Crippen molar-refractivity contribution in [3.63, 3.8) is 0 Å². The molecule has 176 valence electrons. The third kappa shape index (κ3) is 7.94. The molecule has 4 aromatic rings. The molecule has 0 saturated carbocycles. The van der Waals surface area contributed by atoms with Crippen LogP contribution in [0.4, 0.5) is 0 Å². The monoisotopic (exact) mass is 608 g/mol. The maximum atomic E-state index is 12.0. The van der Waals surface area contributed by atoms with Gasteiger partial charge in [0.15, 0.2) is 7.14 Å². The van der Waals surface area contributed by atoms with Gasteiger partial charge in [-0.15, -0.1) is 0 Å². The van der Waals surface area contributed by atoms with Gasteiger partial charge in [-0.1, -0.05) is 54.1 Å². The predicted molar refractivity (Wildman–Crippen MR) is 124 cm³/mol. The fraction of sp³-hybridized carbons (Fsp3) is 0.0400. The van der Waals surface area contributed by atoms with E-state index in [4.69, 9.17) is 4.18 Å². The first-order chi connectivity index (χ1) is 16.1. The van der Waals surface area contributed by atoms with E-state index in [1.807, 2.05) is 6.92 Å². The lowest BCUT2D eigenvalue weighted by Gasteiger charge is -2.09. The summed E-state index contributed by atoms with van der Waals surface area (Å²) in [5.74, 6) is -0.0806. The molecule has 0 aromatic heterocycles. The summed E-state index contributed by atoms with van der Waals surface area (Å²) in [5, 5.41) is 0. The third-order valence-corrected chi connectivity index (χ3v) is 9.11. The molecule has 0 spiro atoms. The fourth-order valence-corrected chi connectivity index (χ4v) is 6.29. The number of aryl methyl sites for hydroxylation is 1. The number of halogens is 1. The standard InChI is InChI=1S/C13H12O6S2.C12H10I/c1-10-2-6-13(7-3-10)21(17,18)19-11-4-8-12(9-5-11)20(14,15)16;1-3-7-11(8-4-1)13-12-9-5-2-6-10-12/h2-9H,1H3,(H,14,15,16);1-10H/q;+1/p-1. The Morgan fingerprint density at radius 1 is 0.618 bits per heavy atom. The van der Waals surface area contributed by atoms with Gasteiger partial charge in [-0.25, -0.2) is 8.42 Å². The Hall–Kier alpha value is -2.73. The lowest BCUT2D eigenvalue weighted by atomic mass is 10.2. The van der Waals surface area contributed by atoms with Crippen molar-refractivity contribution in [1.29, 1.82) is 0 Å². The molecular weight excluding hydrogens is 587 g/mol. The highest BCUT2D eigenvalue weighted by molar-refractivity contribution is 7.87. The largest absolute Gasteiger partial charge is 0.744 e. The van der Waals surface area contributed by atoms with Gasteiger partial charge in [-0.2, -0.15) is 8.42 Å². The van der Waals surface area contributed by atoms with Gasteiger partial charge in [0, 0.05) is 0 Å². The highest BCUT2D eigenvalue weighted by Gasteiger charge is 2.16. The van der Waals surface area contributed by atoms with Crippen molar-refractivity contribution in [1.82, 2.24) is 0 Å². The second-order valence-corrected chi connectivity index (χ2v) is 12.9. The average molecular weight is 608 g/mol. The van der Waals surface area contributed by atoms with Crippen LogP contribution in [-0.4, -0.2) is 21.4 Å². The van der Waals surface area contributed by atoms with E-state index in [2.05, 4.69) is 60.7 Å². The van der Waals surface area contributed by atoms with Crippen LogP contribution in [0.25, 0.3) is 0 Å². The van der Waals surface area contributed by atoms with Crippen LogP contribution < -0.4 is 25.4 Å². The van der Waals surface area contributed by atoms with Crippen LogP contribution in [0.3, 0.4) is 0 Å². The van der Waals surface area contributed by atoms with Gasteiger partial charge in [-0.3, -0.25) is 0 Å². The van der Waals surface area contributed by atoms with Gasteiger partial charge in [0.1, 0.15) is 20.8 Å². The smallest absolute Gasteiger partial charge is 0.357 e. The van der Waals surface area contributed by atoms with Gasteiger partial charge in [0.2, 0.25) is 0 Å². The fourth-order valence-electron chi connectivity index (χ4n) is 2.62. The summed E-state index contributed by atoms with van der Waals surface area (Å²) in [4.78, 5) is -0.476. The zero-order valence-electron chi connectivity index (χ0n) is 18.0. The summed E-state index contributed by atoms with van der Waals surface area (Å²) in [7, 11) is -8.58. The Bertz CT molecular complexity index is 1370. The van der Waals surface area contributed by atoms with E-state index in [9.17, 15) is 21.4 Å². The average Bonchev–Trinajstić information content (AvgIpc) is 2.81. The van der Waals surface area contributed by atoms with E-state index in [1.54, 1.807) is 12.1 Å².